The second-order valence-corrected chi connectivity index (χ2v) is 8.09. The predicted molar refractivity (Wildman–Crippen MR) is 132 cm³/mol. The molecule has 1 fully saturated rings. The van der Waals surface area contributed by atoms with Crippen molar-refractivity contribution in [2.24, 2.45) is 0 Å². The maximum Gasteiger partial charge on any atom is 0.257 e. The third-order valence-corrected chi connectivity index (χ3v) is 6.03. The van der Waals surface area contributed by atoms with Gasteiger partial charge in [-0.2, -0.15) is 0 Å². The van der Waals surface area contributed by atoms with Gasteiger partial charge in [0, 0.05) is 48.3 Å². The lowest BCUT2D eigenvalue weighted by Crippen LogP contribution is -2.43. The highest BCUT2D eigenvalue weighted by Gasteiger charge is 2.16. The van der Waals surface area contributed by atoms with E-state index < -0.39 is 0 Å². The fourth-order valence-electron chi connectivity index (χ4n) is 3.71. The molecule has 1 aliphatic heterocycles. The number of ether oxygens (including phenoxy) is 1. The van der Waals surface area contributed by atoms with Crippen LogP contribution in [0.15, 0.2) is 60.7 Å². The van der Waals surface area contributed by atoms with Crippen LogP contribution < -0.4 is 25.6 Å². The number of carbonyl (C=O) groups is 1. The van der Waals surface area contributed by atoms with Crippen molar-refractivity contribution >= 4 is 40.3 Å². The van der Waals surface area contributed by atoms with Crippen LogP contribution in [-0.4, -0.2) is 39.2 Å². The third-order valence-electron chi connectivity index (χ3n) is 5.62. The lowest BCUT2D eigenvalue weighted by Gasteiger charge is -2.29. The molecule has 4 rings (SSSR count). The highest BCUT2D eigenvalue weighted by Crippen LogP contribution is 2.30. The van der Waals surface area contributed by atoms with Gasteiger partial charge in [-0.25, -0.2) is 0 Å². The molecule has 1 amide bonds. The molecule has 1 saturated heterocycles. The van der Waals surface area contributed by atoms with Gasteiger partial charge in [0.25, 0.3) is 5.91 Å². The molecule has 32 heavy (non-hydrogen) atoms. The summed E-state index contributed by atoms with van der Waals surface area (Å²) in [5, 5.41) is 10.4. The normalized spacial score (nSPS) is 13.5. The Morgan fingerprint density at radius 1 is 1.03 bits per heavy atom. The first-order valence-electron chi connectivity index (χ1n) is 10.6. The van der Waals surface area contributed by atoms with Crippen LogP contribution in [0.5, 0.6) is 5.75 Å². The average Bonchev–Trinajstić information content (AvgIpc) is 2.83. The van der Waals surface area contributed by atoms with Gasteiger partial charge in [-0.05, 0) is 67.1 Å². The van der Waals surface area contributed by atoms with Crippen molar-refractivity contribution in [3.05, 3.63) is 76.8 Å². The third kappa shape index (κ3) is 4.98. The van der Waals surface area contributed by atoms with Gasteiger partial charge in [0.1, 0.15) is 5.75 Å². The SMILES string of the molecule is COc1ccc(Nc2cccc(Cl)c2C)c(C(=O)Nc2ccc(N3CCNCC3)cc2)c1. The number of nitrogens with one attached hydrogen (secondary N) is 3. The number of amides is 1. The monoisotopic (exact) mass is 450 g/mol. The molecule has 1 heterocycles. The van der Waals surface area contributed by atoms with E-state index >= 15 is 0 Å². The van der Waals surface area contributed by atoms with Crippen LogP contribution in [0.2, 0.25) is 5.02 Å². The van der Waals surface area contributed by atoms with Crippen LogP contribution in [0, 0.1) is 6.92 Å². The lowest BCUT2D eigenvalue weighted by molar-refractivity contribution is 0.102. The molecular weight excluding hydrogens is 424 g/mol. The van der Waals surface area contributed by atoms with Crippen LogP contribution in [0.1, 0.15) is 15.9 Å². The van der Waals surface area contributed by atoms with E-state index in [-0.39, 0.29) is 5.91 Å². The van der Waals surface area contributed by atoms with Crippen LogP contribution in [0.4, 0.5) is 22.7 Å². The molecule has 0 unspecified atom stereocenters. The van der Waals surface area contributed by atoms with Crippen molar-refractivity contribution in [2.75, 3.05) is 48.8 Å². The van der Waals surface area contributed by atoms with Crippen molar-refractivity contribution in [3.63, 3.8) is 0 Å². The molecule has 1 aliphatic rings. The van der Waals surface area contributed by atoms with E-state index in [9.17, 15) is 4.79 Å². The molecule has 0 bridgehead atoms. The van der Waals surface area contributed by atoms with Gasteiger partial charge >= 0.3 is 0 Å². The standard InChI is InChI=1S/C25H27ClN4O2/c1-17-22(26)4-3-5-23(17)29-24-11-10-20(32-2)16-21(24)25(31)28-18-6-8-19(9-7-18)30-14-12-27-13-15-30/h3-11,16,27,29H,12-15H2,1-2H3,(H,28,31). The number of nitrogens with zero attached hydrogens (tertiary/aromatic N) is 1. The number of methoxy groups -OCH3 is 1. The van der Waals surface area contributed by atoms with Gasteiger partial charge in [0.05, 0.1) is 18.4 Å². The molecule has 0 saturated carbocycles. The zero-order chi connectivity index (χ0) is 22.5. The van der Waals surface area contributed by atoms with E-state index in [0.717, 1.165) is 48.8 Å². The zero-order valence-electron chi connectivity index (χ0n) is 18.2. The number of benzene rings is 3. The van der Waals surface area contributed by atoms with Crippen LogP contribution in [0.3, 0.4) is 0 Å². The average molecular weight is 451 g/mol. The van der Waals surface area contributed by atoms with Crippen molar-refractivity contribution in [2.45, 2.75) is 6.92 Å². The van der Waals surface area contributed by atoms with E-state index in [4.69, 9.17) is 16.3 Å². The molecule has 6 nitrogen and oxygen atoms in total. The molecule has 3 aromatic carbocycles. The molecular formula is C25H27ClN4O2. The Morgan fingerprint density at radius 3 is 2.50 bits per heavy atom. The predicted octanol–water partition coefficient (Wildman–Crippen LogP) is 5.06. The summed E-state index contributed by atoms with van der Waals surface area (Å²) in [5.41, 5.74) is 4.81. The number of piperazine rings is 1. The minimum absolute atomic E-state index is 0.221. The molecule has 0 atom stereocenters. The first-order valence-corrected chi connectivity index (χ1v) is 11.0. The smallest absolute Gasteiger partial charge is 0.257 e. The van der Waals surface area contributed by atoms with E-state index in [1.807, 2.05) is 61.5 Å². The second-order valence-electron chi connectivity index (χ2n) is 7.69. The largest absolute Gasteiger partial charge is 0.497 e. The van der Waals surface area contributed by atoms with Gasteiger partial charge < -0.3 is 25.6 Å². The summed E-state index contributed by atoms with van der Waals surface area (Å²) in [5.74, 6) is 0.388. The highest BCUT2D eigenvalue weighted by molar-refractivity contribution is 6.31. The maximum atomic E-state index is 13.2. The number of carbonyl (C=O) groups excluding carboxylic acids is 1. The van der Waals surface area contributed by atoms with Gasteiger partial charge in [0.15, 0.2) is 0 Å². The number of hydrogen-bond acceptors (Lipinski definition) is 5. The number of anilines is 4. The zero-order valence-corrected chi connectivity index (χ0v) is 19.0. The number of hydrogen-bond donors (Lipinski definition) is 3. The quantitative estimate of drug-likeness (QED) is 0.489. The Morgan fingerprint density at radius 2 is 1.78 bits per heavy atom. The van der Waals surface area contributed by atoms with Gasteiger partial charge in [-0.1, -0.05) is 17.7 Å². The topological polar surface area (TPSA) is 65.6 Å². The fraction of sp³-hybridized carbons (Fsp3) is 0.240. The van der Waals surface area contributed by atoms with Gasteiger partial charge in [-0.15, -0.1) is 0 Å². The summed E-state index contributed by atoms with van der Waals surface area (Å²) in [6.45, 7) is 5.86. The second kappa shape index (κ2) is 9.94. The lowest BCUT2D eigenvalue weighted by atomic mass is 10.1. The summed E-state index contributed by atoms with van der Waals surface area (Å²) >= 11 is 6.26. The van der Waals surface area contributed by atoms with Crippen molar-refractivity contribution in [1.82, 2.24) is 5.32 Å². The highest BCUT2D eigenvalue weighted by atomic mass is 35.5. The summed E-state index contributed by atoms with van der Waals surface area (Å²) in [4.78, 5) is 15.5. The summed E-state index contributed by atoms with van der Waals surface area (Å²) in [7, 11) is 1.58. The Hall–Kier alpha value is -3.22. The Labute approximate surface area is 193 Å². The summed E-state index contributed by atoms with van der Waals surface area (Å²) < 4.78 is 5.35. The first-order chi connectivity index (χ1) is 15.5. The molecule has 0 aromatic heterocycles. The van der Waals surface area contributed by atoms with E-state index in [1.165, 1.54) is 0 Å². The molecule has 0 aliphatic carbocycles. The van der Waals surface area contributed by atoms with Crippen molar-refractivity contribution in [3.8, 4) is 5.75 Å². The Kier molecular flexibility index (Phi) is 6.83. The number of halogens is 1. The fourth-order valence-corrected chi connectivity index (χ4v) is 3.89. The van der Waals surface area contributed by atoms with Crippen molar-refractivity contribution < 1.29 is 9.53 Å². The Bertz CT molecular complexity index is 1100. The molecule has 3 aromatic rings. The van der Waals surface area contributed by atoms with Crippen LogP contribution in [-0.2, 0) is 0 Å². The van der Waals surface area contributed by atoms with E-state index in [0.29, 0.717) is 22.0 Å². The first kappa shape index (κ1) is 22.0. The molecule has 166 valence electrons. The van der Waals surface area contributed by atoms with Crippen LogP contribution >= 0.6 is 11.6 Å². The van der Waals surface area contributed by atoms with Crippen LogP contribution in [0.25, 0.3) is 0 Å². The maximum absolute atomic E-state index is 13.2. The Balaban J connectivity index is 1.55. The molecule has 0 radical (unpaired) electrons. The van der Waals surface area contributed by atoms with E-state index in [2.05, 4.69) is 20.9 Å². The van der Waals surface area contributed by atoms with Crippen molar-refractivity contribution in [1.29, 1.82) is 0 Å². The van der Waals surface area contributed by atoms with E-state index in [1.54, 1.807) is 13.2 Å². The molecule has 0 spiro atoms. The molecule has 7 heteroatoms. The minimum atomic E-state index is -0.221. The van der Waals surface area contributed by atoms with Gasteiger partial charge in [0.2, 0.25) is 0 Å². The van der Waals surface area contributed by atoms with Gasteiger partial charge in [-0.3, -0.25) is 4.79 Å². The summed E-state index contributed by atoms with van der Waals surface area (Å²) in [6.07, 6.45) is 0. The minimum Gasteiger partial charge on any atom is -0.497 e. The molecule has 3 N–H and O–H groups in total. The summed E-state index contributed by atoms with van der Waals surface area (Å²) in [6, 6.07) is 19.0. The number of rotatable bonds is 6.